The molecule has 1 nitrogen and oxygen atoms in total. The highest BCUT2D eigenvalue weighted by Crippen LogP contribution is 2.29. The minimum absolute atomic E-state index is 0.598. The second-order valence-corrected chi connectivity index (χ2v) is 6.05. The molecular formula is C15H16ClNS. The average molecular weight is 278 g/mol. The van der Waals surface area contributed by atoms with E-state index in [1.54, 1.807) is 4.88 Å². The molecule has 18 heavy (non-hydrogen) atoms. The zero-order valence-electron chi connectivity index (χ0n) is 10.4. The van der Waals surface area contributed by atoms with Gasteiger partial charge < -0.3 is 4.90 Å². The Balaban J connectivity index is 1.86. The zero-order chi connectivity index (χ0) is 12.5. The van der Waals surface area contributed by atoms with Crippen LogP contribution in [0.2, 0.25) is 0 Å². The van der Waals surface area contributed by atoms with Gasteiger partial charge in [-0.1, -0.05) is 6.07 Å². The van der Waals surface area contributed by atoms with Gasteiger partial charge >= 0.3 is 0 Å². The topological polar surface area (TPSA) is 3.24 Å². The lowest BCUT2D eigenvalue weighted by molar-refractivity contribution is 0.743. The Labute approximate surface area is 117 Å². The molecule has 1 aliphatic heterocycles. The molecule has 0 unspecified atom stereocenters. The lowest BCUT2D eigenvalue weighted by atomic mass is 10.1. The fourth-order valence-electron chi connectivity index (χ4n) is 2.50. The lowest BCUT2D eigenvalue weighted by Gasteiger charge is -2.29. The first-order valence-corrected chi connectivity index (χ1v) is 7.65. The van der Waals surface area contributed by atoms with E-state index in [9.17, 15) is 0 Å². The van der Waals surface area contributed by atoms with Crippen molar-refractivity contribution in [1.29, 1.82) is 0 Å². The first-order valence-electron chi connectivity index (χ1n) is 6.23. The molecule has 0 radical (unpaired) electrons. The fourth-order valence-corrected chi connectivity index (χ4v) is 3.69. The van der Waals surface area contributed by atoms with Gasteiger partial charge in [0, 0.05) is 29.5 Å². The van der Waals surface area contributed by atoms with Crippen LogP contribution in [0.25, 0.3) is 0 Å². The number of halogens is 1. The Morgan fingerprint density at radius 3 is 3.00 bits per heavy atom. The predicted octanol–water partition coefficient (Wildman–Crippen LogP) is 4.36. The summed E-state index contributed by atoms with van der Waals surface area (Å²) >= 11 is 7.80. The van der Waals surface area contributed by atoms with Crippen molar-refractivity contribution < 1.29 is 0 Å². The third-order valence-corrected chi connectivity index (χ3v) is 4.95. The van der Waals surface area contributed by atoms with Crippen molar-refractivity contribution in [3.8, 4) is 0 Å². The summed E-state index contributed by atoms with van der Waals surface area (Å²) in [6.45, 7) is 4.30. The molecule has 1 aliphatic rings. The number of thiophene rings is 1. The maximum Gasteiger partial charge on any atom is 0.0476 e. The summed E-state index contributed by atoms with van der Waals surface area (Å²) in [4.78, 5) is 4.01. The van der Waals surface area contributed by atoms with Crippen molar-refractivity contribution in [2.24, 2.45) is 0 Å². The molecule has 1 aromatic carbocycles. The number of anilines is 1. The minimum Gasteiger partial charge on any atom is -0.367 e. The second-order valence-electron chi connectivity index (χ2n) is 4.78. The van der Waals surface area contributed by atoms with Crippen LogP contribution in [0.4, 0.5) is 5.69 Å². The van der Waals surface area contributed by atoms with E-state index >= 15 is 0 Å². The number of hydrogen-bond acceptors (Lipinski definition) is 2. The molecule has 0 saturated carbocycles. The maximum absolute atomic E-state index is 5.91. The number of benzene rings is 1. The van der Waals surface area contributed by atoms with E-state index in [0.717, 1.165) is 13.1 Å². The number of alkyl halides is 1. The highest BCUT2D eigenvalue weighted by Gasteiger charge is 2.17. The van der Waals surface area contributed by atoms with Gasteiger partial charge in [0.1, 0.15) is 0 Å². The predicted molar refractivity (Wildman–Crippen MR) is 79.8 cm³/mol. The molecule has 0 spiro atoms. The average Bonchev–Trinajstić information content (AvgIpc) is 2.85. The summed E-state index contributed by atoms with van der Waals surface area (Å²) in [5, 5.41) is 2.20. The Morgan fingerprint density at radius 1 is 1.33 bits per heavy atom. The summed E-state index contributed by atoms with van der Waals surface area (Å²) in [5.41, 5.74) is 5.33. The molecule has 3 rings (SSSR count). The normalized spacial score (nSPS) is 14.7. The minimum atomic E-state index is 0.598. The standard InChI is InChI=1S/C15H16ClNS/c1-11-8-14(3-2-12(11)9-16)17-6-4-15-13(10-17)5-7-18-15/h2-3,5,7-8H,4,6,9-10H2,1H3. The molecule has 2 aromatic rings. The van der Waals surface area contributed by atoms with Gasteiger partial charge in [-0.15, -0.1) is 22.9 Å². The number of hydrogen-bond donors (Lipinski definition) is 0. The first kappa shape index (κ1) is 12.1. The third-order valence-electron chi connectivity index (χ3n) is 3.64. The molecular weight excluding hydrogens is 262 g/mol. The largest absolute Gasteiger partial charge is 0.367 e. The summed E-state index contributed by atoms with van der Waals surface area (Å²) in [7, 11) is 0. The molecule has 94 valence electrons. The lowest BCUT2D eigenvalue weighted by Crippen LogP contribution is -2.29. The van der Waals surface area contributed by atoms with Crippen LogP contribution in [0, 0.1) is 6.92 Å². The van der Waals surface area contributed by atoms with Crippen LogP contribution in [-0.4, -0.2) is 6.54 Å². The van der Waals surface area contributed by atoms with Crippen molar-refractivity contribution in [1.82, 2.24) is 0 Å². The van der Waals surface area contributed by atoms with E-state index in [1.807, 2.05) is 11.3 Å². The van der Waals surface area contributed by atoms with Gasteiger partial charge in [-0.25, -0.2) is 0 Å². The molecule has 0 bridgehead atoms. The third kappa shape index (κ3) is 2.15. The summed E-state index contributed by atoms with van der Waals surface area (Å²) < 4.78 is 0. The van der Waals surface area contributed by atoms with Crippen LogP contribution in [0.1, 0.15) is 21.6 Å². The highest BCUT2D eigenvalue weighted by atomic mass is 35.5. The zero-order valence-corrected chi connectivity index (χ0v) is 12.0. The van der Waals surface area contributed by atoms with E-state index in [2.05, 4.69) is 41.5 Å². The Bertz CT molecular complexity index is 561. The van der Waals surface area contributed by atoms with Crippen LogP contribution in [-0.2, 0) is 18.8 Å². The molecule has 2 heterocycles. The summed E-state index contributed by atoms with van der Waals surface area (Å²) in [6, 6.07) is 8.87. The van der Waals surface area contributed by atoms with Gasteiger partial charge in [-0.05, 0) is 53.6 Å². The molecule has 0 fully saturated rings. The molecule has 0 N–H and O–H groups in total. The van der Waals surface area contributed by atoms with E-state index in [4.69, 9.17) is 11.6 Å². The number of rotatable bonds is 2. The molecule has 0 aliphatic carbocycles. The van der Waals surface area contributed by atoms with E-state index < -0.39 is 0 Å². The van der Waals surface area contributed by atoms with Crippen LogP contribution in [0.15, 0.2) is 29.6 Å². The summed E-state index contributed by atoms with van der Waals surface area (Å²) in [5.74, 6) is 0.598. The Morgan fingerprint density at radius 2 is 2.22 bits per heavy atom. The molecule has 1 aromatic heterocycles. The van der Waals surface area contributed by atoms with E-state index in [-0.39, 0.29) is 0 Å². The van der Waals surface area contributed by atoms with Gasteiger partial charge in [0.2, 0.25) is 0 Å². The van der Waals surface area contributed by atoms with Crippen molar-refractivity contribution in [2.45, 2.75) is 25.8 Å². The monoisotopic (exact) mass is 277 g/mol. The SMILES string of the molecule is Cc1cc(N2CCc3sccc3C2)ccc1CCl. The van der Waals surface area contributed by atoms with Gasteiger partial charge in [0.15, 0.2) is 0 Å². The van der Waals surface area contributed by atoms with Crippen molar-refractivity contribution in [3.63, 3.8) is 0 Å². The van der Waals surface area contributed by atoms with Gasteiger partial charge in [-0.3, -0.25) is 0 Å². The van der Waals surface area contributed by atoms with Crippen LogP contribution in [0.3, 0.4) is 0 Å². The molecule has 3 heteroatoms. The number of nitrogens with zero attached hydrogens (tertiary/aromatic N) is 1. The van der Waals surface area contributed by atoms with Crippen molar-refractivity contribution >= 4 is 28.6 Å². The van der Waals surface area contributed by atoms with Gasteiger partial charge in [0.25, 0.3) is 0 Å². The van der Waals surface area contributed by atoms with Crippen LogP contribution in [0.5, 0.6) is 0 Å². The quantitative estimate of drug-likeness (QED) is 0.738. The highest BCUT2D eigenvalue weighted by molar-refractivity contribution is 7.10. The summed E-state index contributed by atoms with van der Waals surface area (Å²) in [6.07, 6.45) is 1.17. The van der Waals surface area contributed by atoms with Crippen LogP contribution < -0.4 is 4.90 Å². The van der Waals surface area contributed by atoms with Gasteiger partial charge in [0.05, 0.1) is 0 Å². The van der Waals surface area contributed by atoms with Crippen molar-refractivity contribution in [3.05, 3.63) is 51.2 Å². The van der Waals surface area contributed by atoms with E-state index in [0.29, 0.717) is 5.88 Å². The van der Waals surface area contributed by atoms with E-state index in [1.165, 1.54) is 28.8 Å². The number of aryl methyl sites for hydroxylation is 1. The maximum atomic E-state index is 5.91. The first-order chi connectivity index (χ1) is 8.78. The molecule has 0 saturated heterocycles. The van der Waals surface area contributed by atoms with Gasteiger partial charge in [-0.2, -0.15) is 0 Å². The smallest absolute Gasteiger partial charge is 0.0476 e. The Kier molecular flexibility index (Phi) is 3.31. The van der Waals surface area contributed by atoms with Crippen LogP contribution >= 0.6 is 22.9 Å². The molecule has 0 atom stereocenters. The Hall–Kier alpha value is -0.990. The fraction of sp³-hybridized carbons (Fsp3) is 0.333. The second kappa shape index (κ2) is 4.94. The van der Waals surface area contributed by atoms with Crippen molar-refractivity contribution in [2.75, 3.05) is 11.4 Å². The molecule has 0 amide bonds. The number of fused-ring (bicyclic) bond motifs is 1.